The number of thiazole rings is 1. The summed E-state index contributed by atoms with van der Waals surface area (Å²) >= 11 is 1.22. The zero-order valence-corrected chi connectivity index (χ0v) is 10.9. The Balaban J connectivity index is 2.86. The van der Waals surface area contributed by atoms with Crippen molar-refractivity contribution < 1.29 is 8.42 Å². The summed E-state index contributed by atoms with van der Waals surface area (Å²) in [7, 11) is -3.64. The van der Waals surface area contributed by atoms with Gasteiger partial charge in [0.05, 0.1) is 11.8 Å². The Morgan fingerprint density at radius 1 is 1.50 bits per heavy atom. The van der Waals surface area contributed by atoms with Crippen molar-refractivity contribution in [3.05, 3.63) is 11.1 Å². The van der Waals surface area contributed by atoms with Gasteiger partial charge in [0.15, 0.2) is 10.4 Å². The molecule has 1 rings (SSSR count). The van der Waals surface area contributed by atoms with E-state index in [2.05, 4.69) is 9.71 Å². The molecule has 0 aliphatic rings. The molecule has 1 aromatic rings. The van der Waals surface area contributed by atoms with Gasteiger partial charge in [0.2, 0.25) is 0 Å². The third-order valence-electron chi connectivity index (χ3n) is 1.99. The molecule has 1 unspecified atom stereocenters. The second-order valence-corrected chi connectivity index (χ2v) is 6.51. The first-order chi connectivity index (χ1) is 7.36. The molecule has 0 aliphatic carbocycles. The molecule has 0 aromatic carbocycles. The Kier molecular flexibility index (Phi) is 3.88. The second kappa shape index (κ2) is 4.80. The van der Waals surface area contributed by atoms with Crippen LogP contribution in [0.2, 0.25) is 0 Å². The number of sulfonamides is 1. The first kappa shape index (κ1) is 12.9. The van der Waals surface area contributed by atoms with E-state index in [1.54, 1.807) is 11.4 Å². The topological polar surface area (TPSA) is 82.9 Å². The van der Waals surface area contributed by atoms with Crippen molar-refractivity contribution in [1.29, 1.82) is 5.26 Å². The summed E-state index contributed by atoms with van der Waals surface area (Å²) in [4.78, 5) is 4.13. The fourth-order valence-electron chi connectivity index (χ4n) is 0.878. The minimum Gasteiger partial charge on any atom is -0.258 e. The van der Waals surface area contributed by atoms with E-state index in [9.17, 15) is 8.42 Å². The van der Waals surface area contributed by atoms with E-state index in [0.29, 0.717) is 5.13 Å². The summed E-state index contributed by atoms with van der Waals surface area (Å²) in [5.41, 5.74) is 0.840. The normalized spacial score (nSPS) is 13.4. The lowest BCUT2D eigenvalue weighted by Gasteiger charge is -2.05. The summed E-state index contributed by atoms with van der Waals surface area (Å²) in [5, 5.41) is 9.59. The third-order valence-corrected chi connectivity index (χ3v) is 4.41. The second-order valence-electron chi connectivity index (χ2n) is 3.65. The van der Waals surface area contributed by atoms with Crippen LogP contribution in [0.4, 0.5) is 5.13 Å². The van der Waals surface area contributed by atoms with Crippen molar-refractivity contribution in [3.63, 3.8) is 0 Å². The van der Waals surface area contributed by atoms with Gasteiger partial charge in [-0.15, -0.1) is 11.3 Å². The van der Waals surface area contributed by atoms with Crippen LogP contribution in [0.15, 0.2) is 5.38 Å². The Morgan fingerprint density at radius 2 is 2.12 bits per heavy atom. The van der Waals surface area contributed by atoms with Gasteiger partial charge in [-0.05, 0) is 12.8 Å². The fourth-order valence-corrected chi connectivity index (χ4v) is 2.74. The highest BCUT2D eigenvalue weighted by Crippen LogP contribution is 2.22. The number of nitriles is 1. The number of nitrogens with one attached hydrogen (secondary N) is 1. The van der Waals surface area contributed by atoms with Gasteiger partial charge in [0, 0.05) is 5.38 Å². The van der Waals surface area contributed by atoms with Gasteiger partial charge in [0.1, 0.15) is 0 Å². The first-order valence-corrected chi connectivity index (χ1v) is 7.16. The first-order valence-electron chi connectivity index (χ1n) is 4.73. The van der Waals surface area contributed by atoms with Crippen LogP contribution < -0.4 is 4.72 Å². The molecule has 0 saturated carbocycles. The number of aromatic nitrogens is 1. The van der Waals surface area contributed by atoms with Crippen LogP contribution in [-0.4, -0.2) is 18.7 Å². The van der Waals surface area contributed by atoms with Gasteiger partial charge in [-0.25, -0.2) is 13.4 Å². The number of rotatable bonds is 4. The number of nitrogens with zero attached hydrogens (tertiary/aromatic N) is 2. The van der Waals surface area contributed by atoms with E-state index in [-0.39, 0.29) is 5.92 Å². The Morgan fingerprint density at radius 3 is 2.56 bits per heavy atom. The molecular formula is C9H13N3O2S2. The van der Waals surface area contributed by atoms with E-state index in [1.807, 2.05) is 13.8 Å². The zero-order chi connectivity index (χ0) is 12.3. The maximum atomic E-state index is 11.5. The van der Waals surface area contributed by atoms with E-state index in [1.165, 1.54) is 18.3 Å². The van der Waals surface area contributed by atoms with Gasteiger partial charge in [-0.2, -0.15) is 5.26 Å². The maximum Gasteiger partial charge on any atom is 0.250 e. The molecule has 1 heterocycles. The van der Waals surface area contributed by atoms with Crippen LogP contribution in [-0.2, 0) is 10.0 Å². The molecule has 88 valence electrons. The van der Waals surface area contributed by atoms with E-state index in [4.69, 9.17) is 5.26 Å². The molecule has 1 N–H and O–H groups in total. The van der Waals surface area contributed by atoms with E-state index < -0.39 is 15.3 Å². The molecule has 1 atom stereocenters. The third kappa shape index (κ3) is 2.93. The van der Waals surface area contributed by atoms with Crippen molar-refractivity contribution in [2.75, 3.05) is 4.72 Å². The van der Waals surface area contributed by atoms with Crippen molar-refractivity contribution in [3.8, 4) is 6.07 Å². The van der Waals surface area contributed by atoms with Gasteiger partial charge >= 0.3 is 0 Å². The maximum absolute atomic E-state index is 11.5. The Hall–Kier alpha value is -1.13. The van der Waals surface area contributed by atoms with Crippen LogP contribution in [0, 0.1) is 11.3 Å². The Bertz CT molecular complexity index is 499. The monoisotopic (exact) mass is 259 g/mol. The average Bonchev–Trinajstić information content (AvgIpc) is 2.64. The molecule has 0 spiro atoms. The molecule has 16 heavy (non-hydrogen) atoms. The molecular weight excluding hydrogens is 246 g/mol. The lowest BCUT2D eigenvalue weighted by Crippen LogP contribution is -2.23. The van der Waals surface area contributed by atoms with Crippen molar-refractivity contribution in [2.45, 2.75) is 31.9 Å². The largest absolute Gasteiger partial charge is 0.258 e. The highest BCUT2D eigenvalue weighted by molar-refractivity contribution is 7.93. The van der Waals surface area contributed by atoms with Crippen LogP contribution in [0.1, 0.15) is 32.4 Å². The number of hydrogen-bond donors (Lipinski definition) is 1. The molecule has 0 aliphatic heterocycles. The number of anilines is 1. The minimum absolute atomic E-state index is 0.253. The van der Waals surface area contributed by atoms with Gasteiger partial charge < -0.3 is 0 Å². The van der Waals surface area contributed by atoms with Crippen LogP contribution in [0.25, 0.3) is 0 Å². The summed E-state index contributed by atoms with van der Waals surface area (Å²) < 4.78 is 25.4. The van der Waals surface area contributed by atoms with Crippen LogP contribution >= 0.6 is 11.3 Å². The molecule has 5 nitrogen and oxygen atoms in total. The van der Waals surface area contributed by atoms with E-state index >= 15 is 0 Å². The molecule has 7 heteroatoms. The molecule has 0 radical (unpaired) electrons. The summed E-state index contributed by atoms with van der Waals surface area (Å²) in [6.07, 6.45) is 0. The predicted molar refractivity (Wildman–Crippen MR) is 63.8 cm³/mol. The van der Waals surface area contributed by atoms with Gasteiger partial charge in [-0.3, -0.25) is 4.72 Å². The predicted octanol–water partition coefficient (Wildman–Crippen LogP) is 1.92. The minimum atomic E-state index is -3.64. The SMILES string of the molecule is CC(C)c1csc(NS(=O)(=O)C(C)C#N)n1. The van der Waals surface area contributed by atoms with Gasteiger partial charge in [0.25, 0.3) is 10.0 Å². The van der Waals surface area contributed by atoms with Gasteiger partial charge in [-0.1, -0.05) is 13.8 Å². The standard InChI is InChI=1S/C9H13N3O2S2/c1-6(2)8-5-15-9(11-8)12-16(13,14)7(3)4-10/h5-7H,1-3H3,(H,11,12). The van der Waals surface area contributed by atoms with Crippen LogP contribution in [0.5, 0.6) is 0 Å². The highest BCUT2D eigenvalue weighted by Gasteiger charge is 2.21. The smallest absolute Gasteiger partial charge is 0.250 e. The molecule has 1 aromatic heterocycles. The molecule has 0 bridgehead atoms. The van der Waals surface area contributed by atoms with Crippen LogP contribution in [0.3, 0.4) is 0 Å². The lowest BCUT2D eigenvalue weighted by atomic mass is 10.2. The average molecular weight is 259 g/mol. The molecule has 0 fully saturated rings. The highest BCUT2D eigenvalue weighted by atomic mass is 32.2. The summed E-state index contributed by atoms with van der Waals surface area (Å²) in [6, 6.07) is 1.68. The van der Waals surface area contributed by atoms with Crippen molar-refractivity contribution in [1.82, 2.24) is 4.98 Å². The fraction of sp³-hybridized carbons (Fsp3) is 0.556. The summed E-state index contributed by atoms with van der Waals surface area (Å²) in [5.74, 6) is 0.253. The van der Waals surface area contributed by atoms with Crippen molar-refractivity contribution in [2.24, 2.45) is 0 Å². The molecule has 0 amide bonds. The molecule has 0 saturated heterocycles. The van der Waals surface area contributed by atoms with Crippen molar-refractivity contribution >= 4 is 26.5 Å². The quantitative estimate of drug-likeness (QED) is 0.895. The zero-order valence-electron chi connectivity index (χ0n) is 9.26. The lowest BCUT2D eigenvalue weighted by molar-refractivity contribution is 0.597. The summed E-state index contributed by atoms with van der Waals surface area (Å²) in [6.45, 7) is 5.29. The Labute approximate surface area is 99.2 Å². The number of hydrogen-bond acceptors (Lipinski definition) is 5. The van der Waals surface area contributed by atoms with E-state index in [0.717, 1.165) is 5.69 Å².